The van der Waals surface area contributed by atoms with Crippen molar-refractivity contribution in [3.8, 4) is 0 Å². The van der Waals surface area contributed by atoms with Crippen LogP contribution in [-0.4, -0.2) is 30.7 Å². The lowest BCUT2D eigenvalue weighted by Crippen LogP contribution is -2.31. The van der Waals surface area contributed by atoms with Crippen LogP contribution in [0.1, 0.15) is 19.3 Å². The highest BCUT2D eigenvalue weighted by Gasteiger charge is 2.57. The van der Waals surface area contributed by atoms with Crippen LogP contribution in [0.5, 0.6) is 0 Å². The van der Waals surface area contributed by atoms with Crippen LogP contribution in [0.3, 0.4) is 0 Å². The Hall–Kier alpha value is -1.53. The van der Waals surface area contributed by atoms with Crippen molar-refractivity contribution < 1.29 is 9.59 Å². The van der Waals surface area contributed by atoms with Gasteiger partial charge in [0.15, 0.2) is 0 Å². The Bertz CT molecular complexity index is 640. The summed E-state index contributed by atoms with van der Waals surface area (Å²) in [4.78, 5) is 25.0. The van der Waals surface area contributed by atoms with Crippen molar-refractivity contribution >= 4 is 35.0 Å². The lowest BCUT2D eigenvalue weighted by molar-refractivity contribution is -0.118. The average Bonchev–Trinajstić information content (AvgIpc) is 3.21. The van der Waals surface area contributed by atoms with Crippen molar-refractivity contribution in [1.82, 2.24) is 5.32 Å². The number of amides is 2. The van der Waals surface area contributed by atoms with Crippen LogP contribution >= 0.6 is 11.8 Å². The highest BCUT2D eigenvalue weighted by molar-refractivity contribution is 8.00. The molecule has 2 heterocycles. The fourth-order valence-electron chi connectivity index (χ4n) is 3.59. The number of hydrogen-bond donors (Lipinski definition) is 3. The van der Waals surface area contributed by atoms with Crippen molar-refractivity contribution in [2.75, 3.05) is 29.5 Å². The summed E-state index contributed by atoms with van der Waals surface area (Å²) in [6.07, 6.45) is 3.21. The minimum absolute atomic E-state index is 0.0110. The zero-order valence-electron chi connectivity index (χ0n) is 12.3. The minimum atomic E-state index is 0.0110. The van der Waals surface area contributed by atoms with Gasteiger partial charge in [-0.25, -0.2) is 0 Å². The third kappa shape index (κ3) is 2.50. The fourth-order valence-corrected chi connectivity index (χ4v) is 4.37. The second-order valence-electron chi connectivity index (χ2n) is 6.41. The maximum atomic E-state index is 12.5. The Morgan fingerprint density at radius 2 is 2.14 bits per heavy atom. The Balaban J connectivity index is 1.44. The number of hydrogen-bond acceptors (Lipinski definition) is 4. The molecule has 1 aliphatic carbocycles. The van der Waals surface area contributed by atoms with Gasteiger partial charge in [-0.3, -0.25) is 9.59 Å². The Labute approximate surface area is 133 Å². The maximum absolute atomic E-state index is 12.5. The molecule has 116 valence electrons. The molecule has 6 heteroatoms. The van der Waals surface area contributed by atoms with E-state index in [4.69, 9.17) is 0 Å². The summed E-state index contributed by atoms with van der Waals surface area (Å²) < 4.78 is 0. The molecule has 5 nitrogen and oxygen atoms in total. The van der Waals surface area contributed by atoms with E-state index in [9.17, 15) is 9.59 Å². The predicted molar refractivity (Wildman–Crippen MR) is 87.1 cm³/mol. The van der Waals surface area contributed by atoms with Gasteiger partial charge in [-0.2, -0.15) is 0 Å². The van der Waals surface area contributed by atoms with Gasteiger partial charge in [-0.1, -0.05) is 0 Å². The Morgan fingerprint density at radius 1 is 1.32 bits per heavy atom. The molecule has 1 aromatic rings. The van der Waals surface area contributed by atoms with Crippen LogP contribution in [0.2, 0.25) is 0 Å². The molecule has 1 atom stereocenters. The Kier molecular flexibility index (Phi) is 3.38. The van der Waals surface area contributed by atoms with Gasteiger partial charge in [0.2, 0.25) is 11.8 Å². The standard InChI is InChI=1S/C16H19N3O2S/c20-14-9-22-13-2-1-10(7-12(13)19-14)18-15(21)11-8-16(11)3-5-17-6-4-16/h1-2,7,11,17H,3-6,8-9H2,(H,18,21)(H,19,20). The third-order valence-corrected chi connectivity index (χ3v) is 6.06. The number of piperidine rings is 1. The molecule has 0 aromatic heterocycles. The first-order valence-electron chi connectivity index (χ1n) is 7.75. The first-order valence-corrected chi connectivity index (χ1v) is 8.73. The van der Waals surface area contributed by atoms with E-state index in [0.717, 1.165) is 48.6 Å². The molecule has 2 amide bonds. The molecular weight excluding hydrogens is 298 g/mol. The van der Waals surface area contributed by atoms with Crippen LogP contribution in [-0.2, 0) is 9.59 Å². The lowest BCUT2D eigenvalue weighted by atomic mass is 9.92. The third-order valence-electron chi connectivity index (χ3n) is 4.99. The molecule has 2 aliphatic heterocycles. The van der Waals surface area contributed by atoms with E-state index in [1.54, 1.807) is 0 Å². The van der Waals surface area contributed by atoms with E-state index in [2.05, 4.69) is 16.0 Å². The van der Waals surface area contributed by atoms with Crippen LogP contribution < -0.4 is 16.0 Å². The number of carbonyl (C=O) groups is 2. The molecule has 3 aliphatic rings. The molecule has 1 aromatic carbocycles. The number of anilines is 2. The SMILES string of the molecule is O=C1CSc2ccc(NC(=O)C3CC34CCNCC4)cc2N1. The normalized spacial score (nSPS) is 25.3. The van der Waals surface area contributed by atoms with Gasteiger partial charge in [0.05, 0.1) is 11.4 Å². The van der Waals surface area contributed by atoms with Crippen LogP contribution in [0.25, 0.3) is 0 Å². The molecule has 22 heavy (non-hydrogen) atoms. The second kappa shape index (κ2) is 5.28. The van der Waals surface area contributed by atoms with Crippen LogP contribution in [0.15, 0.2) is 23.1 Å². The topological polar surface area (TPSA) is 70.2 Å². The highest BCUT2D eigenvalue weighted by atomic mass is 32.2. The predicted octanol–water partition coefficient (Wildman–Crippen LogP) is 2.06. The van der Waals surface area contributed by atoms with E-state index in [1.165, 1.54) is 11.8 Å². The van der Waals surface area contributed by atoms with Crippen molar-refractivity contribution in [2.45, 2.75) is 24.2 Å². The summed E-state index contributed by atoms with van der Waals surface area (Å²) >= 11 is 1.53. The van der Waals surface area contributed by atoms with Gasteiger partial charge in [0, 0.05) is 16.5 Å². The number of fused-ring (bicyclic) bond motifs is 1. The second-order valence-corrected chi connectivity index (χ2v) is 7.42. The van der Waals surface area contributed by atoms with E-state index in [1.807, 2.05) is 18.2 Å². The van der Waals surface area contributed by atoms with Crippen molar-refractivity contribution in [2.24, 2.45) is 11.3 Å². The number of nitrogens with one attached hydrogen (secondary N) is 3. The summed E-state index contributed by atoms with van der Waals surface area (Å²) in [6, 6.07) is 5.73. The Morgan fingerprint density at radius 3 is 2.95 bits per heavy atom. The summed E-state index contributed by atoms with van der Waals surface area (Å²) in [5, 5.41) is 9.23. The summed E-state index contributed by atoms with van der Waals surface area (Å²) in [6.45, 7) is 2.04. The lowest BCUT2D eigenvalue weighted by Gasteiger charge is -2.23. The maximum Gasteiger partial charge on any atom is 0.234 e. The molecule has 3 N–H and O–H groups in total. The van der Waals surface area contributed by atoms with Gasteiger partial charge >= 0.3 is 0 Å². The van der Waals surface area contributed by atoms with Gasteiger partial charge in [0.1, 0.15) is 0 Å². The quantitative estimate of drug-likeness (QED) is 0.781. The zero-order chi connectivity index (χ0) is 15.2. The highest BCUT2D eigenvalue weighted by Crippen LogP contribution is 2.58. The van der Waals surface area contributed by atoms with E-state index < -0.39 is 0 Å². The molecule has 4 rings (SSSR count). The molecule has 1 spiro atoms. The van der Waals surface area contributed by atoms with Gasteiger partial charge in [-0.05, 0) is 56.0 Å². The molecule has 0 radical (unpaired) electrons. The van der Waals surface area contributed by atoms with Crippen molar-refractivity contribution in [1.29, 1.82) is 0 Å². The van der Waals surface area contributed by atoms with E-state index in [-0.39, 0.29) is 23.1 Å². The van der Waals surface area contributed by atoms with Gasteiger partial charge in [0.25, 0.3) is 0 Å². The van der Waals surface area contributed by atoms with Crippen LogP contribution in [0.4, 0.5) is 11.4 Å². The van der Waals surface area contributed by atoms with E-state index >= 15 is 0 Å². The first-order chi connectivity index (χ1) is 10.7. The monoisotopic (exact) mass is 317 g/mol. The largest absolute Gasteiger partial charge is 0.326 e. The number of rotatable bonds is 2. The van der Waals surface area contributed by atoms with Crippen LogP contribution in [0, 0.1) is 11.3 Å². The zero-order valence-corrected chi connectivity index (χ0v) is 13.1. The smallest absolute Gasteiger partial charge is 0.234 e. The number of carbonyl (C=O) groups excluding carboxylic acids is 2. The average molecular weight is 317 g/mol. The van der Waals surface area contributed by atoms with Crippen molar-refractivity contribution in [3.63, 3.8) is 0 Å². The molecule has 2 fully saturated rings. The molecule has 1 saturated heterocycles. The summed E-state index contributed by atoms with van der Waals surface area (Å²) in [5.41, 5.74) is 1.81. The summed E-state index contributed by atoms with van der Waals surface area (Å²) in [7, 11) is 0. The number of thioether (sulfide) groups is 1. The number of benzene rings is 1. The summed E-state index contributed by atoms with van der Waals surface area (Å²) in [5.74, 6) is 0.736. The van der Waals surface area contributed by atoms with Crippen molar-refractivity contribution in [3.05, 3.63) is 18.2 Å². The molecular formula is C16H19N3O2S. The fraction of sp³-hybridized carbons (Fsp3) is 0.500. The molecule has 1 unspecified atom stereocenters. The molecule has 1 saturated carbocycles. The van der Waals surface area contributed by atoms with E-state index in [0.29, 0.717) is 5.75 Å². The first kappa shape index (κ1) is 14.1. The minimum Gasteiger partial charge on any atom is -0.326 e. The van der Waals surface area contributed by atoms with Gasteiger partial charge in [-0.15, -0.1) is 11.8 Å². The molecule has 0 bridgehead atoms. The van der Waals surface area contributed by atoms with Gasteiger partial charge < -0.3 is 16.0 Å².